The van der Waals surface area contributed by atoms with E-state index in [-0.39, 0.29) is 6.42 Å². The van der Waals surface area contributed by atoms with Gasteiger partial charge in [0.05, 0.1) is 10.2 Å². The fraction of sp³-hybridized carbons (Fsp3) is 0.364. The number of rotatable bonds is 6. The molecule has 0 radical (unpaired) electrons. The maximum absolute atomic E-state index is 10.3. The summed E-state index contributed by atoms with van der Waals surface area (Å²) in [7, 11) is 0. The Morgan fingerprint density at radius 3 is 3.12 bits per heavy atom. The first-order chi connectivity index (χ1) is 8.27. The van der Waals surface area contributed by atoms with E-state index in [2.05, 4.69) is 15.3 Å². The quantitative estimate of drug-likeness (QED) is 0.771. The number of nitrogens with zero attached hydrogens (tertiary/aromatic N) is 2. The molecule has 0 bridgehead atoms. The van der Waals surface area contributed by atoms with Gasteiger partial charge in [0.2, 0.25) is 0 Å². The monoisotopic (exact) mass is 251 g/mol. The number of aliphatic carboxylic acids is 1. The van der Waals surface area contributed by atoms with Gasteiger partial charge in [0.1, 0.15) is 12.1 Å². The molecular formula is C11H13N3O2S. The van der Waals surface area contributed by atoms with E-state index in [0.29, 0.717) is 6.42 Å². The molecule has 2 N–H and O–H groups in total. The summed E-state index contributed by atoms with van der Waals surface area (Å²) in [6.07, 6.45) is 3.26. The Kier molecular flexibility index (Phi) is 3.87. The van der Waals surface area contributed by atoms with E-state index >= 15 is 0 Å². The van der Waals surface area contributed by atoms with Crippen molar-refractivity contribution in [1.82, 2.24) is 9.97 Å². The highest BCUT2D eigenvalue weighted by Gasteiger charge is 2.03. The van der Waals surface area contributed by atoms with Crippen molar-refractivity contribution in [2.24, 2.45) is 0 Å². The van der Waals surface area contributed by atoms with Gasteiger partial charge in [0.25, 0.3) is 0 Å². The number of fused-ring (bicyclic) bond motifs is 1. The average Bonchev–Trinajstić information content (AvgIpc) is 2.77. The molecule has 5 nitrogen and oxygen atoms in total. The predicted octanol–water partition coefficient (Wildman–Crippen LogP) is 2.36. The molecule has 0 atom stereocenters. The minimum absolute atomic E-state index is 0.222. The van der Waals surface area contributed by atoms with Crippen molar-refractivity contribution in [1.29, 1.82) is 0 Å². The zero-order valence-electron chi connectivity index (χ0n) is 9.22. The van der Waals surface area contributed by atoms with Gasteiger partial charge in [0, 0.05) is 13.0 Å². The molecule has 17 heavy (non-hydrogen) atoms. The molecule has 0 saturated carbocycles. The number of aromatic nitrogens is 2. The smallest absolute Gasteiger partial charge is 0.303 e. The lowest BCUT2D eigenvalue weighted by Crippen LogP contribution is -2.04. The van der Waals surface area contributed by atoms with Crippen LogP contribution in [0.2, 0.25) is 0 Å². The van der Waals surface area contributed by atoms with Crippen molar-refractivity contribution in [2.45, 2.75) is 19.3 Å². The van der Waals surface area contributed by atoms with Crippen LogP contribution in [0.3, 0.4) is 0 Å². The maximum atomic E-state index is 10.3. The largest absolute Gasteiger partial charge is 0.481 e. The van der Waals surface area contributed by atoms with Crippen LogP contribution in [-0.4, -0.2) is 27.6 Å². The molecule has 2 aromatic heterocycles. The van der Waals surface area contributed by atoms with Crippen LogP contribution in [0.1, 0.15) is 19.3 Å². The molecule has 0 amide bonds. The van der Waals surface area contributed by atoms with Crippen LogP contribution in [0.25, 0.3) is 10.2 Å². The Balaban J connectivity index is 1.86. The molecular weight excluding hydrogens is 238 g/mol. The van der Waals surface area contributed by atoms with Crippen LogP contribution in [-0.2, 0) is 4.79 Å². The van der Waals surface area contributed by atoms with E-state index in [9.17, 15) is 4.79 Å². The molecule has 0 aromatic carbocycles. The highest BCUT2D eigenvalue weighted by Crippen LogP contribution is 2.24. The lowest BCUT2D eigenvalue weighted by atomic mass is 10.2. The van der Waals surface area contributed by atoms with E-state index in [1.807, 2.05) is 11.4 Å². The summed E-state index contributed by atoms with van der Waals surface area (Å²) in [6, 6.07) is 1.96. The summed E-state index contributed by atoms with van der Waals surface area (Å²) in [5.74, 6) is 0.0907. The molecule has 0 fully saturated rings. The number of nitrogens with one attached hydrogen (secondary N) is 1. The minimum Gasteiger partial charge on any atom is -0.481 e. The van der Waals surface area contributed by atoms with Crippen molar-refractivity contribution < 1.29 is 9.90 Å². The Morgan fingerprint density at radius 2 is 2.29 bits per heavy atom. The fourth-order valence-electron chi connectivity index (χ4n) is 1.52. The third kappa shape index (κ3) is 3.13. The highest BCUT2D eigenvalue weighted by atomic mass is 32.1. The van der Waals surface area contributed by atoms with Gasteiger partial charge in [-0.1, -0.05) is 0 Å². The molecule has 2 rings (SSSR count). The van der Waals surface area contributed by atoms with Gasteiger partial charge in [-0.05, 0) is 24.3 Å². The van der Waals surface area contributed by atoms with Crippen LogP contribution in [0.5, 0.6) is 0 Å². The van der Waals surface area contributed by atoms with Crippen LogP contribution in [0.4, 0.5) is 5.82 Å². The maximum Gasteiger partial charge on any atom is 0.303 e. The van der Waals surface area contributed by atoms with E-state index in [1.165, 1.54) is 6.33 Å². The van der Waals surface area contributed by atoms with Gasteiger partial charge >= 0.3 is 5.97 Å². The predicted molar refractivity (Wildman–Crippen MR) is 67.4 cm³/mol. The molecule has 0 saturated heterocycles. The van der Waals surface area contributed by atoms with Gasteiger partial charge in [-0.15, -0.1) is 11.3 Å². The SMILES string of the molecule is O=C(O)CCCCNc1ncnc2ccsc12. The Labute approximate surface area is 103 Å². The zero-order chi connectivity index (χ0) is 12.1. The Bertz CT molecular complexity index is 512. The average molecular weight is 251 g/mol. The standard InChI is InChI=1S/C11H13N3O2S/c15-9(16)3-1-2-5-12-11-10-8(4-6-17-10)13-7-14-11/h4,6-7H,1-3,5H2,(H,15,16)(H,12,13,14). The number of unbranched alkanes of at least 4 members (excludes halogenated alkanes) is 1. The van der Waals surface area contributed by atoms with E-state index in [1.54, 1.807) is 11.3 Å². The number of hydrogen-bond donors (Lipinski definition) is 2. The molecule has 2 heterocycles. The number of thiophene rings is 1. The van der Waals surface area contributed by atoms with E-state index in [0.717, 1.165) is 29.0 Å². The first-order valence-electron chi connectivity index (χ1n) is 5.41. The number of carboxylic acids is 1. The second-order valence-corrected chi connectivity index (χ2v) is 4.55. The minimum atomic E-state index is -0.743. The summed E-state index contributed by atoms with van der Waals surface area (Å²) in [5, 5.41) is 13.7. The first-order valence-corrected chi connectivity index (χ1v) is 6.29. The molecule has 2 aromatic rings. The number of carbonyl (C=O) groups is 1. The van der Waals surface area contributed by atoms with Crippen LogP contribution in [0, 0.1) is 0 Å². The number of anilines is 1. The zero-order valence-corrected chi connectivity index (χ0v) is 10.0. The molecule has 0 aliphatic heterocycles. The topological polar surface area (TPSA) is 75.1 Å². The van der Waals surface area contributed by atoms with Crippen molar-refractivity contribution in [3.05, 3.63) is 17.8 Å². The summed E-state index contributed by atoms with van der Waals surface area (Å²) >= 11 is 1.60. The molecule has 90 valence electrons. The number of hydrogen-bond acceptors (Lipinski definition) is 5. The fourth-order valence-corrected chi connectivity index (χ4v) is 2.33. The normalized spacial score (nSPS) is 10.6. The van der Waals surface area contributed by atoms with Gasteiger partial charge in [0.15, 0.2) is 0 Å². The van der Waals surface area contributed by atoms with Gasteiger partial charge in [-0.25, -0.2) is 9.97 Å². The Morgan fingerprint density at radius 1 is 1.41 bits per heavy atom. The molecule has 0 unspecified atom stereocenters. The van der Waals surface area contributed by atoms with Gasteiger partial charge in [-0.2, -0.15) is 0 Å². The Hall–Kier alpha value is -1.69. The van der Waals surface area contributed by atoms with Crippen LogP contribution >= 0.6 is 11.3 Å². The lowest BCUT2D eigenvalue weighted by Gasteiger charge is -2.05. The summed E-state index contributed by atoms with van der Waals surface area (Å²) in [5.41, 5.74) is 0.943. The molecule has 0 aliphatic rings. The molecule has 0 aliphatic carbocycles. The lowest BCUT2D eigenvalue weighted by molar-refractivity contribution is -0.137. The first kappa shape index (κ1) is 11.8. The third-order valence-electron chi connectivity index (χ3n) is 2.35. The van der Waals surface area contributed by atoms with Crippen LogP contribution < -0.4 is 5.32 Å². The summed E-state index contributed by atoms with van der Waals surface area (Å²) in [6.45, 7) is 0.733. The van der Waals surface area contributed by atoms with Crippen LogP contribution in [0.15, 0.2) is 17.8 Å². The van der Waals surface area contributed by atoms with Gasteiger partial charge in [-0.3, -0.25) is 4.79 Å². The summed E-state index contributed by atoms with van der Waals surface area (Å²) in [4.78, 5) is 18.7. The van der Waals surface area contributed by atoms with Crippen molar-refractivity contribution in [2.75, 3.05) is 11.9 Å². The second-order valence-electron chi connectivity index (χ2n) is 3.63. The van der Waals surface area contributed by atoms with E-state index < -0.39 is 5.97 Å². The van der Waals surface area contributed by atoms with Crippen molar-refractivity contribution in [3.63, 3.8) is 0 Å². The second kappa shape index (κ2) is 5.58. The molecule has 0 spiro atoms. The molecule has 6 heteroatoms. The van der Waals surface area contributed by atoms with Gasteiger partial charge < -0.3 is 10.4 Å². The number of carboxylic acid groups (broad SMARTS) is 1. The van der Waals surface area contributed by atoms with E-state index in [4.69, 9.17) is 5.11 Å². The third-order valence-corrected chi connectivity index (χ3v) is 3.26. The van der Waals surface area contributed by atoms with Crippen molar-refractivity contribution >= 4 is 33.3 Å². The highest BCUT2D eigenvalue weighted by molar-refractivity contribution is 7.17. The summed E-state index contributed by atoms with van der Waals surface area (Å²) < 4.78 is 1.05. The van der Waals surface area contributed by atoms with Crippen molar-refractivity contribution in [3.8, 4) is 0 Å².